The van der Waals surface area contributed by atoms with Crippen molar-refractivity contribution in [2.24, 2.45) is 0 Å². The summed E-state index contributed by atoms with van der Waals surface area (Å²) in [4.78, 5) is 15.4. The smallest absolute Gasteiger partial charge is 0.407 e. The number of para-hydroxylation sites is 1. The second-order valence-electron chi connectivity index (χ2n) is 6.42. The van der Waals surface area contributed by atoms with Gasteiger partial charge in [0.2, 0.25) is 0 Å². The molecule has 3 rings (SSSR count). The second kappa shape index (κ2) is 8.54. The average Bonchev–Trinajstić information content (AvgIpc) is 3.11. The highest BCUT2D eigenvalue weighted by atomic mass is 16.5. The van der Waals surface area contributed by atoms with Gasteiger partial charge in [-0.25, -0.2) is 4.79 Å². The standard InChI is InChI=1S/C21H25N3O2/c1-15(22-2)18(19-13-23-20-11-7-6-10-17(19)20)12-24-21(25)26-14-16-8-4-3-5-9-16/h3-11,13,15,18,22-23H,12,14H2,1-2H3,(H,24,25)/t15?,18-/m0/s1. The van der Waals surface area contributed by atoms with Gasteiger partial charge in [0, 0.05) is 35.6 Å². The molecular weight excluding hydrogens is 326 g/mol. The Morgan fingerprint density at radius 2 is 1.85 bits per heavy atom. The number of benzene rings is 2. The van der Waals surface area contributed by atoms with Gasteiger partial charge in [-0.05, 0) is 31.2 Å². The number of aromatic nitrogens is 1. The van der Waals surface area contributed by atoms with Crippen molar-refractivity contribution in [3.05, 3.63) is 71.9 Å². The highest BCUT2D eigenvalue weighted by Crippen LogP contribution is 2.27. The van der Waals surface area contributed by atoms with Gasteiger partial charge < -0.3 is 20.4 Å². The number of H-pyrrole nitrogens is 1. The zero-order valence-electron chi connectivity index (χ0n) is 15.2. The van der Waals surface area contributed by atoms with Crippen LogP contribution in [0.1, 0.15) is 24.0 Å². The Bertz CT molecular complexity index is 845. The van der Waals surface area contributed by atoms with Gasteiger partial charge in [0.1, 0.15) is 6.61 Å². The van der Waals surface area contributed by atoms with Crippen LogP contribution in [0.3, 0.4) is 0 Å². The topological polar surface area (TPSA) is 66.2 Å². The molecule has 5 nitrogen and oxygen atoms in total. The number of amides is 1. The lowest BCUT2D eigenvalue weighted by Gasteiger charge is -2.24. The van der Waals surface area contributed by atoms with Crippen LogP contribution in [0.5, 0.6) is 0 Å². The van der Waals surface area contributed by atoms with Crippen LogP contribution >= 0.6 is 0 Å². The van der Waals surface area contributed by atoms with E-state index < -0.39 is 6.09 Å². The zero-order chi connectivity index (χ0) is 18.4. The number of nitrogens with one attached hydrogen (secondary N) is 3. The Morgan fingerprint density at radius 1 is 1.12 bits per heavy atom. The van der Waals surface area contributed by atoms with Crippen molar-refractivity contribution in [3.63, 3.8) is 0 Å². The fraction of sp³-hybridized carbons (Fsp3) is 0.286. The van der Waals surface area contributed by atoms with Crippen molar-refractivity contribution < 1.29 is 9.53 Å². The van der Waals surface area contributed by atoms with E-state index in [4.69, 9.17) is 4.74 Å². The molecule has 0 spiro atoms. The Kier molecular flexibility index (Phi) is 5.92. The molecule has 3 aromatic rings. The van der Waals surface area contributed by atoms with Crippen LogP contribution in [0.4, 0.5) is 4.79 Å². The predicted octanol–water partition coefficient (Wildman–Crippen LogP) is 3.79. The molecule has 0 aliphatic rings. The molecular formula is C21H25N3O2. The van der Waals surface area contributed by atoms with E-state index in [0.717, 1.165) is 11.1 Å². The number of alkyl carbamates (subject to hydrolysis) is 1. The highest BCUT2D eigenvalue weighted by Gasteiger charge is 2.22. The van der Waals surface area contributed by atoms with E-state index in [2.05, 4.69) is 34.7 Å². The van der Waals surface area contributed by atoms with Gasteiger partial charge >= 0.3 is 6.09 Å². The predicted molar refractivity (Wildman–Crippen MR) is 104 cm³/mol. The molecule has 0 fully saturated rings. The molecule has 0 bridgehead atoms. The highest BCUT2D eigenvalue weighted by molar-refractivity contribution is 5.83. The first kappa shape index (κ1) is 18.0. The maximum atomic E-state index is 12.1. The molecule has 1 amide bonds. The van der Waals surface area contributed by atoms with Gasteiger partial charge in [-0.1, -0.05) is 48.5 Å². The van der Waals surface area contributed by atoms with Crippen molar-refractivity contribution in [3.8, 4) is 0 Å². The fourth-order valence-electron chi connectivity index (χ4n) is 3.13. The van der Waals surface area contributed by atoms with Crippen LogP contribution in [-0.4, -0.2) is 30.7 Å². The fourth-order valence-corrected chi connectivity index (χ4v) is 3.13. The lowest BCUT2D eigenvalue weighted by Crippen LogP contribution is -2.37. The van der Waals surface area contributed by atoms with Crippen LogP contribution in [0.25, 0.3) is 10.9 Å². The third kappa shape index (κ3) is 4.24. The molecule has 0 radical (unpaired) electrons. The Balaban J connectivity index is 1.64. The number of carbonyl (C=O) groups is 1. The molecule has 1 unspecified atom stereocenters. The summed E-state index contributed by atoms with van der Waals surface area (Å²) in [6.45, 7) is 2.88. The van der Waals surface area contributed by atoms with Crippen LogP contribution in [0.15, 0.2) is 60.8 Å². The number of hydrogen-bond acceptors (Lipinski definition) is 3. The maximum Gasteiger partial charge on any atom is 0.407 e. The second-order valence-corrected chi connectivity index (χ2v) is 6.42. The Hall–Kier alpha value is -2.79. The van der Waals surface area contributed by atoms with E-state index >= 15 is 0 Å². The number of carbonyl (C=O) groups excluding carboxylic acids is 1. The number of aromatic amines is 1. The molecule has 0 saturated heterocycles. The van der Waals surface area contributed by atoms with Crippen molar-refractivity contribution in [2.75, 3.05) is 13.6 Å². The van der Waals surface area contributed by atoms with Gasteiger partial charge in [-0.3, -0.25) is 0 Å². The van der Waals surface area contributed by atoms with Crippen LogP contribution in [0, 0.1) is 0 Å². The third-order valence-electron chi connectivity index (χ3n) is 4.76. The molecule has 1 aromatic heterocycles. The summed E-state index contributed by atoms with van der Waals surface area (Å²) in [5, 5.41) is 7.38. The van der Waals surface area contributed by atoms with E-state index in [1.807, 2.05) is 55.7 Å². The lowest BCUT2D eigenvalue weighted by atomic mass is 9.92. The van der Waals surface area contributed by atoms with Crippen molar-refractivity contribution in [1.82, 2.24) is 15.6 Å². The minimum absolute atomic E-state index is 0.125. The number of hydrogen-bond donors (Lipinski definition) is 3. The number of likely N-dealkylation sites (N-methyl/N-ethyl adjacent to an activating group) is 1. The molecule has 26 heavy (non-hydrogen) atoms. The zero-order valence-corrected chi connectivity index (χ0v) is 15.2. The normalized spacial score (nSPS) is 13.3. The van der Waals surface area contributed by atoms with E-state index in [1.165, 1.54) is 10.9 Å². The Morgan fingerprint density at radius 3 is 2.62 bits per heavy atom. The molecule has 3 N–H and O–H groups in total. The summed E-state index contributed by atoms with van der Waals surface area (Å²) in [7, 11) is 1.93. The molecule has 2 aromatic carbocycles. The summed E-state index contributed by atoms with van der Waals surface area (Å²) in [6.07, 6.45) is 1.63. The van der Waals surface area contributed by atoms with Crippen LogP contribution in [0.2, 0.25) is 0 Å². The van der Waals surface area contributed by atoms with E-state index in [9.17, 15) is 4.79 Å². The summed E-state index contributed by atoms with van der Waals surface area (Å²) >= 11 is 0. The van der Waals surface area contributed by atoms with Crippen molar-refractivity contribution in [2.45, 2.75) is 25.5 Å². The first-order chi connectivity index (χ1) is 12.7. The van der Waals surface area contributed by atoms with Gasteiger partial charge in [-0.15, -0.1) is 0 Å². The molecule has 0 aliphatic heterocycles. The molecule has 0 aliphatic carbocycles. The minimum Gasteiger partial charge on any atom is -0.445 e. The van der Waals surface area contributed by atoms with E-state index in [-0.39, 0.29) is 18.6 Å². The first-order valence-electron chi connectivity index (χ1n) is 8.87. The van der Waals surface area contributed by atoms with Gasteiger partial charge in [-0.2, -0.15) is 0 Å². The lowest BCUT2D eigenvalue weighted by molar-refractivity contribution is 0.138. The summed E-state index contributed by atoms with van der Waals surface area (Å²) in [5.41, 5.74) is 3.26. The largest absolute Gasteiger partial charge is 0.445 e. The van der Waals surface area contributed by atoms with Crippen LogP contribution in [-0.2, 0) is 11.3 Å². The Labute approximate surface area is 153 Å². The van der Waals surface area contributed by atoms with E-state index in [0.29, 0.717) is 6.54 Å². The van der Waals surface area contributed by atoms with Gasteiger partial charge in [0.25, 0.3) is 0 Å². The van der Waals surface area contributed by atoms with Crippen molar-refractivity contribution >= 4 is 17.0 Å². The molecule has 136 valence electrons. The SMILES string of the molecule is CNC(C)[C@H](CNC(=O)OCc1ccccc1)c1c[nH]c2ccccc12. The van der Waals surface area contributed by atoms with E-state index in [1.54, 1.807) is 0 Å². The summed E-state index contributed by atoms with van der Waals surface area (Å²) in [5.74, 6) is 0.125. The van der Waals surface area contributed by atoms with Gasteiger partial charge in [0.05, 0.1) is 0 Å². The molecule has 0 saturated carbocycles. The number of rotatable bonds is 7. The molecule has 1 heterocycles. The van der Waals surface area contributed by atoms with Gasteiger partial charge in [0.15, 0.2) is 0 Å². The summed E-state index contributed by atoms with van der Waals surface area (Å²) < 4.78 is 5.32. The van der Waals surface area contributed by atoms with Crippen molar-refractivity contribution in [1.29, 1.82) is 0 Å². The molecule has 5 heteroatoms. The first-order valence-corrected chi connectivity index (χ1v) is 8.87. The monoisotopic (exact) mass is 351 g/mol. The third-order valence-corrected chi connectivity index (χ3v) is 4.76. The average molecular weight is 351 g/mol. The van der Waals surface area contributed by atoms with Crippen LogP contribution < -0.4 is 10.6 Å². The number of ether oxygens (including phenoxy) is 1. The summed E-state index contributed by atoms with van der Waals surface area (Å²) in [6, 6.07) is 18.1. The number of fused-ring (bicyclic) bond motifs is 1. The minimum atomic E-state index is -0.401. The molecule has 2 atom stereocenters. The maximum absolute atomic E-state index is 12.1. The quantitative estimate of drug-likeness (QED) is 0.607.